The fourth-order valence-electron chi connectivity index (χ4n) is 2.15. The number of hydrogen-bond donors (Lipinski definition) is 0. The van der Waals surface area contributed by atoms with Crippen LogP contribution in [0.1, 0.15) is 28.2 Å². The van der Waals surface area contributed by atoms with Crippen molar-refractivity contribution in [2.24, 2.45) is 0 Å². The number of aromatic nitrogens is 4. The van der Waals surface area contributed by atoms with Crippen LogP contribution < -0.4 is 0 Å². The number of thiazole rings is 1. The molecule has 0 aliphatic rings. The van der Waals surface area contributed by atoms with Crippen LogP contribution in [0.25, 0.3) is 5.69 Å². The molecule has 0 aliphatic carbocycles. The van der Waals surface area contributed by atoms with Crippen molar-refractivity contribution >= 4 is 40.7 Å². The Bertz CT molecular complexity index is 894. The zero-order valence-corrected chi connectivity index (χ0v) is 16.0. The van der Waals surface area contributed by atoms with Crippen LogP contribution in [0.2, 0.25) is 5.02 Å². The SMILES string of the molecule is CCOC(=O)c1csc(CSc2nnc(C)n2-c2cccc(Cl)c2)n1. The molecule has 0 saturated heterocycles. The van der Waals surface area contributed by atoms with E-state index in [1.54, 1.807) is 12.3 Å². The van der Waals surface area contributed by atoms with Crippen molar-refractivity contribution in [2.75, 3.05) is 6.61 Å². The van der Waals surface area contributed by atoms with Crippen molar-refractivity contribution in [3.05, 3.63) is 51.2 Å². The zero-order valence-electron chi connectivity index (χ0n) is 13.6. The van der Waals surface area contributed by atoms with Crippen LogP contribution in [0.4, 0.5) is 0 Å². The molecular weight excluding hydrogens is 380 g/mol. The normalized spacial score (nSPS) is 10.8. The van der Waals surface area contributed by atoms with E-state index < -0.39 is 5.97 Å². The Morgan fingerprint density at radius 3 is 3.00 bits per heavy atom. The highest BCUT2D eigenvalue weighted by molar-refractivity contribution is 7.98. The molecule has 2 heterocycles. The van der Waals surface area contributed by atoms with Crippen LogP contribution in [0, 0.1) is 6.92 Å². The Labute approximate surface area is 158 Å². The Morgan fingerprint density at radius 1 is 1.40 bits per heavy atom. The van der Waals surface area contributed by atoms with Gasteiger partial charge in [0.1, 0.15) is 10.8 Å². The molecule has 25 heavy (non-hydrogen) atoms. The summed E-state index contributed by atoms with van der Waals surface area (Å²) in [6, 6.07) is 7.53. The van der Waals surface area contributed by atoms with Crippen LogP contribution in [-0.2, 0) is 10.5 Å². The van der Waals surface area contributed by atoms with Gasteiger partial charge >= 0.3 is 5.97 Å². The number of thioether (sulfide) groups is 1. The second-order valence-corrected chi connectivity index (χ2v) is 7.30. The van der Waals surface area contributed by atoms with Crippen molar-refractivity contribution in [3.8, 4) is 5.69 Å². The minimum atomic E-state index is -0.395. The minimum Gasteiger partial charge on any atom is -0.461 e. The van der Waals surface area contributed by atoms with Gasteiger partial charge in [0.25, 0.3) is 0 Å². The second kappa shape index (κ2) is 7.99. The van der Waals surface area contributed by atoms with Crippen LogP contribution in [-0.4, -0.2) is 32.3 Å². The Hall–Kier alpha value is -1.90. The first-order valence-corrected chi connectivity index (χ1v) is 9.75. The minimum absolute atomic E-state index is 0.336. The number of esters is 1. The lowest BCUT2D eigenvalue weighted by molar-refractivity contribution is 0.0520. The van der Waals surface area contributed by atoms with E-state index in [1.807, 2.05) is 35.8 Å². The summed E-state index contributed by atoms with van der Waals surface area (Å²) in [5.41, 5.74) is 1.25. The monoisotopic (exact) mass is 394 g/mol. The van der Waals surface area contributed by atoms with Gasteiger partial charge < -0.3 is 4.74 Å². The molecule has 0 saturated carbocycles. The number of nitrogens with zero attached hydrogens (tertiary/aromatic N) is 4. The van der Waals surface area contributed by atoms with Gasteiger partial charge in [0, 0.05) is 10.4 Å². The smallest absolute Gasteiger partial charge is 0.357 e. The van der Waals surface area contributed by atoms with Gasteiger partial charge in [-0.3, -0.25) is 4.57 Å². The van der Waals surface area contributed by atoms with Gasteiger partial charge in [-0.05, 0) is 32.0 Å². The Kier molecular flexibility index (Phi) is 5.72. The number of carbonyl (C=O) groups is 1. The molecular formula is C16H15ClN4O2S2. The molecule has 3 aromatic rings. The van der Waals surface area contributed by atoms with E-state index in [-0.39, 0.29) is 0 Å². The van der Waals surface area contributed by atoms with E-state index in [2.05, 4.69) is 15.2 Å². The number of ether oxygens (including phenoxy) is 1. The third-order valence-corrected chi connectivity index (χ3v) is 5.43. The predicted molar refractivity (Wildman–Crippen MR) is 98.7 cm³/mol. The Balaban J connectivity index is 1.76. The topological polar surface area (TPSA) is 69.9 Å². The summed E-state index contributed by atoms with van der Waals surface area (Å²) < 4.78 is 6.90. The van der Waals surface area contributed by atoms with Crippen molar-refractivity contribution in [1.29, 1.82) is 0 Å². The van der Waals surface area contributed by atoms with Crippen LogP contribution in [0.15, 0.2) is 34.8 Å². The molecule has 0 bridgehead atoms. The molecule has 0 aliphatic heterocycles. The van der Waals surface area contributed by atoms with E-state index in [4.69, 9.17) is 16.3 Å². The maximum atomic E-state index is 11.7. The molecule has 3 rings (SSSR count). The lowest BCUT2D eigenvalue weighted by Gasteiger charge is -2.08. The Morgan fingerprint density at radius 2 is 2.24 bits per heavy atom. The molecule has 1 aromatic carbocycles. The molecule has 0 N–H and O–H groups in total. The highest BCUT2D eigenvalue weighted by Crippen LogP contribution is 2.27. The number of hydrogen-bond acceptors (Lipinski definition) is 7. The third-order valence-electron chi connectivity index (χ3n) is 3.22. The number of halogens is 1. The highest BCUT2D eigenvalue weighted by atomic mass is 35.5. The molecule has 6 nitrogen and oxygen atoms in total. The molecule has 130 valence electrons. The first-order chi connectivity index (χ1) is 12.1. The molecule has 9 heteroatoms. The van der Waals surface area contributed by atoms with Gasteiger partial charge in [0.15, 0.2) is 10.9 Å². The number of benzene rings is 1. The largest absolute Gasteiger partial charge is 0.461 e. The highest BCUT2D eigenvalue weighted by Gasteiger charge is 2.15. The summed E-state index contributed by atoms with van der Waals surface area (Å²) in [5, 5.41) is 12.3. The van der Waals surface area contributed by atoms with E-state index in [1.165, 1.54) is 23.1 Å². The fraction of sp³-hybridized carbons (Fsp3) is 0.250. The molecule has 0 atom stereocenters. The van der Waals surface area contributed by atoms with E-state index in [0.717, 1.165) is 21.7 Å². The molecule has 0 unspecified atom stereocenters. The van der Waals surface area contributed by atoms with E-state index in [9.17, 15) is 4.79 Å². The quantitative estimate of drug-likeness (QED) is 0.462. The van der Waals surface area contributed by atoms with Gasteiger partial charge in [-0.2, -0.15) is 0 Å². The van der Waals surface area contributed by atoms with Gasteiger partial charge in [0.2, 0.25) is 0 Å². The lowest BCUT2D eigenvalue weighted by Crippen LogP contribution is -2.05. The van der Waals surface area contributed by atoms with E-state index in [0.29, 0.717) is 23.1 Å². The number of aryl methyl sites for hydroxylation is 1. The summed E-state index contributed by atoms with van der Waals surface area (Å²) in [4.78, 5) is 16.0. The first-order valence-electron chi connectivity index (χ1n) is 7.50. The lowest BCUT2D eigenvalue weighted by atomic mass is 10.3. The van der Waals surface area contributed by atoms with Crippen molar-refractivity contribution < 1.29 is 9.53 Å². The third kappa shape index (κ3) is 4.20. The van der Waals surface area contributed by atoms with Gasteiger partial charge in [-0.1, -0.05) is 29.4 Å². The number of rotatable bonds is 6. The fourth-order valence-corrected chi connectivity index (χ4v) is 4.11. The average Bonchev–Trinajstić information content (AvgIpc) is 3.20. The van der Waals surface area contributed by atoms with Crippen molar-refractivity contribution in [3.63, 3.8) is 0 Å². The maximum absolute atomic E-state index is 11.7. The van der Waals surface area contributed by atoms with Crippen LogP contribution in [0.5, 0.6) is 0 Å². The summed E-state index contributed by atoms with van der Waals surface area (Å²) in [7, 11) is 0. The zero-order chi connectivity index (χ0) is 17.8. The van der Waals surface area contributed by atoms with Gasteiger partial charge in [0.05, 0.1) is 18.0 Å². The molecule has 0 amide bonds. The summed E-state index contributed by atoms with van der Waals surface area (Å²) in [6.07, 6.45) is 0. The van der Waals surface area contributed by atoms with Gasteiger partial charge in [-0.25, -0.2) is 9.78 Å². The van der Waals surface area contributed by atoms with Crippen LogP contribution in [0.3, 0.4) is 0 Å². The average molecular weight is 395 g/mol. The summed E-state index contributed by atoms with van der Waals surface area (Å²) in [5.74, 6) is 0.965. The molecule has 2 aromatic heterocycles. The standard InChI is InChI=1S/C16H15ClN4O2S2/c1-3-23-15(22)13-8-24-14(18-13)9-25-16-20-19-10(2)21(16)12-6-4-5-11(17)7-12/h4-8H,3,9H2,1-2H3. The van der Waals surface area contributed by atoms with E-state index >= 15 is 0 Å². The van der Waals surface area contributed by atoms with Crippen LogP contribution >= 0.6 is 34.7 Å². The first kappa shape index (κ1) is 17.9. The number of carbonyl (C=O) groups excluding carboxylic acids is 1. The second-order valence-electron chi connectivity index (χ2n) is 4.98. The van der Waals surface area contributed by atoms with Crippen molar-refractivity contribution in [2.45, 2.75) is 24.8 Å². The van der Waals surface area contributed by atoms with Crippen molar-refractivity contribution in [1.82, 2.24) is 19.7 Å². The predicted octanol–water partition coefficient (Wildman–Crippen LogP) is 4.15. The molecule has 0 spiro atoms. The maximum Gasteiger partial charge on any atom is 0.357 e. The summed E-state index contributed by atoms with van der Waals surface area (Å²) in [6.45, 7) is 3.99. The summed E-state index contributed by atoms with van der Waals surface area (Å²) >= 11 is 9.01. The van der Waals surface area contributed by atoms with Gasteiger partial charge in [-0.15, -0.1) is 21.5 Å². The molecule has 0 radical (unpaired) electrons. The molecule has 0 fully saturated rings.